The van der Waals surface area contributed by atoms with Crippen molar-refractivity contribution in [2.75, 3.05) is 12.0 Å². The topological polar surface area (TPSA) is 60.2 Å². The monoisotopic (exact) mass is 251 g/mol. The van der Waals surface area contributed by atoms with Crippen LogP contribution in [0.1, 0.15) is 11.3 Å². The molecule has 6 heteroatoms. The Balaban J connectivity index is 2.36. The number of hydrazine groups is 1. The predicted molar refractivity (Wildman–Crippen MR) is 62.8 cm³/mol. The molecule has 18 heavy (non-hydrogen) atoms. The van der Waals surface area contributed by atoms with Crippen LogP contribution in [0.25, 0.3) is 10.9 Å². The number of aromatic nitrogens is 1. The summed E-state index contributed by atoms with van der Waals surface area (Å²) in [6.07, 6.45) is 0.638. The molecule has 0 bridgehead atoms. The Labute approximate surface area is 102 Å². The second-order valence-corrected chi connectivity index (χ2v) is 4.14. The maximum Gasteiger partial charge on any atom is 0.161 e. The Morgan fingerprint density at radius 1 is 1.28 bits per heavy atom. The third-order valence-corrected chi connectivity index (χ3v) is 3.09. The molecule has 0 saturated heterocycles. The Bertz CT molecular complexity index is 630. The van der Waals surface area contributed by atoms with Crippen LogP contribution in [0.5, 0.6) is 0 Å². The molecular formula is C12H11F2N3O. The first-order valence-corrected chi connectivity index (χ1v) is 5.55. The molecule has 2 heterocycles. The van der Waals surface area contributed by atoms with Crippen molar-refractivity contribution in [3.63, 3.8) is 0 Å². The molecule has 1 aliphatic rings. The number of pyridine rings is 1. The van der Waals surface area contributed by atoms with E-state index in [2.05, 4.69) is 10.4 Å². The number of nitrogens with two attached hydrogens (primary N) is 1. The van der Waals surface area contributed by atoms with Crippen LogP contribution in [-0.4, -0.2) is 11.6 Å². The number of nitrogen functional groups attached to an aromatic ring is 1. The van der Waals surface area contributed by atoms with Gasteiger partial charge in [0.15, 0.2) is 11.6 Å². The summed E-state index contributed by atoms with van der Waals surface area (Å²) in [6, 6.07) is 2.18. The second-order valence-electron chi connectivity index (χ2n) is 4.14. The zero-order chi connectivity index (χ0) is 12.7. The Kier molecular flexibility index (Phi) is 2.61. The SMILES string of the molecule is NNc1c2c(nc3cc(F)c(F)cc13)CCOC2. The fourth-order valence-electron chi connectivity index (χ4n) is 2.22. The molecule has 0 spiro atoms. The summed E-state index contributed by atoms with van der Waals surface area (Å²) in [5.74, 6) is 3.65. The van der Waals surface area contributed by atoms with Gasteiger partial charge in [0.05, 0.1) is 30.1 Å². The van der Waals surface area contributed by atoms with Crippen LogP contribution in [0.15, 0.2) is 12.1 Å². The molecule has 1 aliphatic heterocycles. The van der Waals surface area contributed by atoms with E-state index in [-0.39, 0.29) is 0 Å². The van der Waals surface area contributed by atoms with E-state index in [0.717, 1.165) is 23.4 Å². The largest absolute Gasteiger partial charge is 0.376 e. The predicted octanol–water partition coefficient (Wildman–Crippen LogP) is 1.87. The lowest BCUT2D eigenvalue weighted by Gasteiger charge is -2.20. The van der Waals surface area contributed by atoms with Crippen molar-refractivity contribution in [2.45, 2.75) is 13.0 Å². The number of halogens is 2. The molecule has 3 rings (SSSR count). The van der Waals surface area contributed by atoms with Gasteiger partial charge in [-0.15, -0.1) is 0 Å². The smallest absolute Gasteiger partial charge is 0.161 e. The molecule has 0 saturated carbocycles. The Morgan fingerprint density at radius 2 is 2.06 bits per heavy atom. The number of hydrogen-bond donors (Lipinski definition) is 2. The van der Waals surface area contributed by atoms with E-state index in [1.807, 2.05) is 0 Å². The summed E-state index contributed by atoms with van der Waals surface area (Å²) in [5, 5.41) is 0.459. The number of anilines is 1. The number of benzene rings is 1. The summed E-state index contributed by atoms with van der Waals surface area (Å²) in [6.45, 7) is 0.940. The number of nitrogens with zero attached hydrogens (tertiary/aromatic N) is 1. The normalized spacial score (nSPS) is 14.6. The molecule has 0 radical (unpaired) electrons. The summed E-state index contributed by atoms with van der Waals surface area (Å²) in [5.41, 5.74) is 5.10. The molecule has 94 valence electrons. The minimum Gasteiger partial charge on any atom is -0.376 e. The third-order valence-electron chi connectivity index (χ3n) is 3.09. The van der Waals surface area contributed by atoms with Gasteiger partial charge >= 0.3 is 0 Å². The minimum absolute atomic E-state index is 0.372. The lowest BCUT2D eigenvalue weighted by Crippen LogP contribution is -2.18. The van der Waals surface area contributed by atoms with Crippen molar-refractivity contribution in [2.24, 2.45) is 5.84 Å². The molecule has 3 N–H and O–H groups in total. The van der Waals surface area contributed by atoms with Crippen LogP contribution in [0.3, 0.4) is 0 Å². The number of hydrogen-bond acceptors (Lipinski definition) is 4. The van der Waals surface area contributed by atoms with E-state index < -0.39 is 11.6 Å². The Hall–Kier alpha value is -1.79. The molecule has 1 aromatic heterocycles. The highest BCUT2D eigenvalue weighted by Gasteiger charge is 2.19. The van der Waals surface area contributed by atoms with Crippen molar-refractivity contribution in [3.8, 4) is 0 Å². The quantitative estimate of drug-likeness (QED) is 0.600. The van der Waals surface area contributed by atoms with E-state index in [4.69, 9.17) is 10.6 Å². The Morgan fingerprint density at radius 3 is 2.83 bits per heavy atom. The summed E-state index contributed by atoms with van der Waals surface area (Å²) in [7, 11) is 0. The van der Waals surface area contributed by atoms with E-state index >= 15 is 0 Å². The summed E-state index contributed by atoms with van der Waals surface area (Å²) in [4.78, 5) is 4.34. The maximum absolute atomic E-state index is 13.3. The van der Waals surface area contributed by atoms with E-state index in [1.54, 1.807) is 0 Å². The first-order chi connectivity index (χ1) is 8.70. The fraction of sp³-hybridized carbons (Fsp3) is 0.250. The number of ether oxygens (including phenoxy) is 1. The molecule has 0 aliphatic carbocycles. The average Bonchev–Trinajstić information content (AvgIpc) is 2.38. The molecule has 1 aromatic carbocycles. The van der Waals surface area contributed by atoms with Gasteiger partial charge in [-0.1, -0.05) is 0 Å². The zero-order valence-corrected chi connectivity index (χ0v) is 9.46. The number of nitrogens with one attached hydrogen (secondary N) is 1. The van der Waals surface area contributed by atoms with Gasteiger partial charge in [0.1, 0.15) is 0 Å². The van der Waals surface area contributed by atoms with Crippen molar-refractivity contribution in [1.82, 2.24) is 4.98 Å². The van der Waals surface area contributed by atoms with E-state index in [1.165, 1.54) is 0 Å². The van der Waals surface area contributed by atoms with Crippen molar-refractivity contribution < 1.29 is 13.5 Å². The van der Waals surface area contributed by atoms with Gasteiger partial charge in [0.2, 0.25) is 0 Å². The van der Waals surface area contributed by atoms with Gasteiger partial charge in [-0.25, -0.2) is 8.78 Å². The van der Waals surface area contributed by atoms with Gasteiger partial charge in [0, 0.05) is 23.4 Å². The van der Waals surface area contributed by atoms with Gasteiger partial charge in [-0.3, -0.25) is 10.8 Å². The number of rotatable bonds is 1. The highest BCUT2D eigenvalue weighted by molar-refractivity contribution is 5.93. The van der Waals surface area contributed by atoms with Crippen LogP contribution in [0.4, 0.5) is 14.5 Å². The highest BCUT2D eigenvalue weighted by atomic mass is 19.2. The van der Waals surface area contributed by atoms with Crippen LogP contribution in [0, 0.1) is 11.6 Å². The lowest BCUT2D eigenvalue weighted by molar-refractivity contribution is 0.110. The van der Waals surface area contributed by atoms with Crippen molar-refractivity contribution >= 4 is 16.6 Å². The average molecular weight is 251 g/mol. The molecule has 0 unspecified atom stereocenters. The maximum atomic E-state index is 13.3. The fourth-order valence-corrected chi connectivity index (χ4v) is 2.22. The van der Waals surface area contributed by atoms with Crippen molar-refractivity contribution in [1.29, 1.82) is 0 Å². The molecule has 0 atom stereocenters. The molecule has 2 aromatic rings. The molecule has 0 amide bonds. The summed E-state index contributed by atoms with van der Waals surface area (Å²) < 4.78 is 31.9. The molecule has 4 nitrogen and oxygen atoms in total. The lowest BCUT2D eigenvalue weighted by atomic mass is 10.0. The van der Waals surface area contributed by atoms with Gasteiger partial charge in [-0.2, -0.15) is 0 Å². The van der Waals surface area contributed by atoms with Gasteiger partial charge < -0.3 is 10.2 Å². The van der Waals surface area contributed by atoms with E-state index in [0.29, 0.717) is 36.2 Å². The highest BCUT2D eigenvalue weighted by Crippen LogP contribution is 2.31. The molecule has 0 fully saturated rings. The van der Waals surface area contributed by atoms with Gasteiger partial charge in [0.25, 0.3) is 0 Å². The van der Waals surface area contributed by atoms with Gasteiger partial charge in [-0.05, 0) is 6.07 Å². The second kappa shape index (κ2) is 4.15. The van der Waals surface area contributed by atoms with Crippen LogP contribution in [0.2, 0.25) is 0 Å². The minimum atomic E-state index is -0.919. The van der Waals surface area contributed by atoms with Crippen LogP contribution < -0.4 is 11.3 Å². The first-order valence-electron chi connectivity index (χ1n) is 5.55. The van der Waals surface area contributed by atoms with Crippen molar-refractivity contribution in [3.05, 3.63) is 35.0 Å². The van der Waals surface area contributed by atoms with Crippen LogP contribution in [-0.2, 0) is 17.8 Å². The molecular weight excluding hydrogens is 240 g/mol. The first kappa shape index (κ1) is 11.3. The van der Waals surface area contributed by atoms with E-state index in [9.17, 15) is 8.78 Å². The standard InChI is InChI=1S/C12H11F2N3O/c13-8-3-6-11(4-9(8)14)16-10-1-2-18-5-7(10)12(6)17-15/h3-4H,1-2,5,15H2,(H,16,17). The number of fused-ring (bicyclic) bond motifs is 2. The summed E-state index contributed by atoms with van der Waals surface area (Å²) >= 11 is 0. The zero-order valence-electron chi connectivity index (χ0n) is 9.46. The third kappa shape index (κ3) is 1.61. The van der Waals surface area contributed by atoms with Crippen LogP contribution >= 0.6 is 0 Å².